The molecular formula is C26H30N2O5. The molecule has 0 radical (unpaired) electrons. The summed E-state index contributed by atoms with van der Waals surface area (Å²) in [4.78, 5) is 19.2. The molecule has 1 amide bonds. The molecule has 0 N–H and O–H groups in total. The standard InChI is InChI=1S/C26H30N2O5/c1-18-9-10-23(24(12-18)31-3)32-17-25(29)28-11-5-7-20(16-28)26-27-15-22(33-26)14-19-6-4-8-21(13-19)30-2/h4,6,8-10,12-13,15,20H,5,7,11,14,16-17H2,1-3H3/t20-/m0/s1. The molecule has 33 heavy (non-hydrogen) atoms. The zero-order valence-electron chi connectivity index (χ0n) is 19.4. The van der Waals surface area contributed by atoms with E-state index in [1.54, 1.807) is 20.4 Å². The Kier molecular flexibility index (Phi) is 7.17. The van der Waals surface area contributed by atoms with Gasteiger partial charge in [0.05, 0.1) is 26.3 Å². The first kappa shape index (κ1) is 22.7. The highest BCUT2D eigenvalue weighted by atomic mass is 16.5. The largest absolute Gasteiger partial charge is 0.497 e. The van der Waals surface area contributed by atoms with Crippen LogP contribution >= 0.6 is 0 Å². The molecular weight excluding hydrogens is 420 g/mol. The fraction of sp³-hybridized carbons (Fsp3) is 0.385. The average molecular weight is 451 g/mol. The number of carbonyl (C=O) groups is 1. The van der Waals surface area contributed by atoms with Crippen molar-refractivity contribution in [3.05, 3.63) is 71.4 Å². The lowest BCUT2D eigenvalue weighted by Gasteiger charge is -2.31. The number of hydrogen-bond donors (Lipinski definition) is 0. The molecule has 0 unspecified atom stereocenters. The van der Waals surface area contributed by atoms with Gasteiger partial charge in [0.2, 0.25) is 0 Å². The Morgan fingerprint density at radius 3 is 2.85 bits per heavy atom. The van der Waals surface area contributed by atoms with Crippen molar-refractivity contribution < 1.29 is 23.4 Å². The van der Waals surface area contributed by atoms with Crippen LogP contribution in [0.15, 0.2) is 53.1 Å². The van der Waals surface area contributed by atoms with Crippen molar-refractivity contribution in [1.82, 2.24) is 9.88 Å². The average Bonchev–Trinajstić information content (AvgIpc) is 3.31. The summed E-state index contributed by atoms with van der Waals surface area (Å²) in [5, 5.41) is 0. The number of amides is 1. The number of ether oxygens (including phenoxy) is 3. The van der Waals surface area contributed by atoms with Crippen molar-refractivity contribution in [2.75, 3.05) is 33.9 Å². The number of aryl methyl sites for hydroxylation is 1. The molecule has 0 saturated carbocycles. The summed E-state index contributed by atoms with van der Waals surface area (Å²) in [6.45, 7) is 3.24. The van der Waals surface area contributed by atoms with Crippen LogP contribution in [0, 0.1) is 6.92 Å². The maximum atomic E-state index is 12.8. The summed E-state index contributed by atoms with van der Waals surface area (Å²) >= 11 is 0. The van der Waals surface area contributed by atoms with E-state index in [0.29, 0.717) is 36.9 Å². The number of benzene rings is 2. The molecule has 1 aliphatic heterocycles. The fourth-order valence-electron chi connectivity index (χ4n) is 4.11. The van der Waals surface area contributed by atoms with Crippen molar-refractivity contribution in [2.45, 2.75) is 32.1 Å². The van der Waals surface area contributed by atoms with Crippen LogP contribution in [0.2, 0.25) is 0 Å². The van der Waals surface area contributed by atoms with Crippen LogP contribution in [0.4, 0.5) is 0 Å². The van der Waals surface area contributed by atoms with Gasteiger partial charge in [0.25, 0.3) is 5.91 Å². The fourth-order valence-corrected chi connectivity index (χ4v) is 4.11. The Hall–Kier alpha value is -3.48. The van der Waals surface area contributed by atoms with E-state index < -0.39 is 0 Å². The smallest absolute Gasteiger partial charge is 0.260 e. The number of carbonyl (C=O) groups excluding carboxylic acids is 1. The van der Waals surface area contributed by atoms with Crippen LogP contribution < -0.4 is 14.2 Å². The summed E-state index contributed by atoms with van der Waals surface area (Å²) < 4.78 is 22.5. The zero-order chi connectivity index (χ0) is 23.2. The number of rotatable bonds is 8. The van der Waals surface area contributed by atoms with E-state index in [0.717, 1.165) is 35.5 Å². The normalized spacial score (nSPS) is 15.8. The molecule has 1 fully saturated rings. The number of methoxy groups -OCH3 is 2. The molecule has 2 aromatic carbocycles. The lowest BCUT2D eigenvalue weighted by molar-refractivity contribution is -0.134. The van der Waals surface area contributed by atoms with Crippen LogP contribution in [-0.4, -0.2) is 49.7 Å². The first-order valence-corrected chi connectivity index (χ1v) is 11.2. The molecule has 0 bridgehead atoms. The molecule has 4 rings (SSSR count). The third kappa shape index (κ3) is 5.66. The van der Waals surface area contributed by atoms with Gasteiger partial charge in [-0.05, 0) is 55.2 Å². The van der Waals surface area contributed by atoms with Crippen LogP contribution in [0.1, 0.15) is 41.5 Å². The van der Waals surface area contributed by atoms with Crippen molar-refractivity contribution in [3.8, 4) is 17.2 Å². The van der Waals surface area contributed by atoms with Gasteiger partial charge >= 0.3 is 0 Å². The minimum absolute atomic E-state index is 0.0290. The van der Waals surface area contributed by atoms with Gasteiger partial charge in [0.15, 0.2) is 24.0 Å². The van der Waals surface area contributed by atoms with E-state index in [1.807, 2.05) is 54.3 Å². The Bertz CT molecular complexity index is 1090. The highest BCUT2D eigenvalue weighted by molar-refractivity contribution is 5.78. The molecule has 0 spiro atoms. The van der Waals surface area contributed by atoms with Gasteiger partial charge in [-0.1, -0.05) is 18.2 Å². The van der Waals surface area contributed by atoms with Gasteiger partial charge in [-0.25, -0.2) is 4.98 Å². The Balaban J connectivity index is 1.35. The van der Waals surface area contributed by atoms with Crippen molar-refractivity contribution >= 4 is 5.91 Å². The minimum Gasteiger partial charge on any atom is -0.497 e. The first-order chi connectivity index (χ1) is 16.1. The van der Waals surface area contributed by atoms with E-state index in [2.05, 4.69) is 4.98 Å². The number of piperidine rings is 1. The predicted molar refractivity (Wildman–Crippen MR) is 124 cm³/mol. The summed E-state index contributed by atoms with van der Waals surface area (Å²) in [5.74, 6) is 3.53. The maximum absolute atomic E-state index is 12.8. The molecule has 1 aromatic heterocycles. The van der Waals surface area contributed by atoms with Gasteiger partial charge in [-0.3, -0.25) is 4.79 Å². The zero-order valence-corrected chi connectivity index (χ0v) is 19.4. The van der Waals surface area contributed by atoms with Gasteiger partial charge in [0.1, 0.15) is 11.5 Å². The van der Waals surface area contributed by atoms with E-state index in [4.69, 9.17) is 18.6 Å². The second-order valence-corrected chi connectivity index (χ2v) is 8.32. The van der Waals surface area contributed by atoms with Crippen molar-refractivity contribution in [3.63, 3.8) is 0 Å². The van der Waals surface area contributed by atoms with E-state index >= 15 is 0 Å². The molecule has 1 aliphatic rings. The van der Waals surface area contributed by atoms with Crippen LogP contribution in [0.5, 0.6) is 17.2 Å². The summed E-state index contributed by atoms with van der Waals surface area (Å²) in [5.41, 5.74) is 2.17. The predicted octanol–water partition coefficient (Wildman–Crippen LogP) is 4.38. The van der Waals surface area contributed by atoms with Gasteiger partial charge in [-0.2, -0.15) is 0 Å². The number of hydrogen-bond acceptors (Lipinski definition) is 6. The molecule has 0 aliphatic carbocycles. The van der Waals surface area contributed by atoms with Crippen molar-refractivity contribution in [2.24, 2.45) is 0 Å². The summed E-state index contributed by atoms with van der Waals surface area (Å²) in [7, 11) is 3.25. The van der Waals surface area contributed by atoms with Crippen molar-refractivity contribution in [1.29, 1.82) is 0 Å². The van der Waals surface area contributed by atoms with Crippen LogP contribution in [0.3, 0.4) is 0 Å². The SMILES string of the molecule is COc1cccc(Cc2cnc([C@H]3CCCN(C(=O)COc4ccc(C)cc4OC)C3)o2)c1. The highest BCUT2D eigenvalue weighted by Gasteiger charge is 2.28. The third-order valence-corrected chi connectivity index (χ3v) is 5.88. The highest BCUT2D eigenvalue weighted by Crippen LogP contribution is 2.29. The lowest BCUT2D eigenvalue weighted by atomic mass is 9.98. The molecule has 7 nitrogen and oxygen atoms in total. The second kappa shape index (κ2) is 10.4. The minimum atomic E-state index is -0.0505. The Morgan fingerprint density at radius 2 is 2.03 bits per heavy atom. The van der Waals surface area contributed by atoms with E-state index in [1.165, 1.54) is 0 Å². The maximum Gasteiger partial charge on any atom is 0.260 e. The number of likely N-dealkylation sites (tertiary alicyclic amines) is 1. The number of nitrogens with zero attached hydrogens (tertiary/aromatic N) is 2. The van der Waals surface area contributed by atoms with Gasteiger partial charge in [0, 0.05) is 19.5 Å². The number of oxazole rings is 1. The lowest BCUT2D eigenvalue weighted by Crippen LogP contribution is -2.41. The molecule has 3 aromatic rings. The molecule has 174 valence electrons. The summed E-state index contributed by atoms with van der Waals surface area (Å²) in [6.07, 6.45) is 4.27. The Morgan fingerprint density at radius 1 is 1.15 bits per heavy atom. The monoisotopic (exact) mass is 450 g/mol. The van der Waals surface area contributed by atoms with E-state index in [9.17, 15) is 4.79 Å². The molecule has 2 heterocycles. The Labute approximate surface area is 194 Å². The first-order valence-electron chi connectivity index (χ1n) is 11.2. The second-order valence-electron chi connectivity index (χ2n) is 8.32. The quantitative estimate of drug-likeness (QED) is 0.507. The third-order valence-electron chi connectivity index (χ3n) is 5.88. The molecule has 7 heteroatoms. The van der Waals surface area contributed by atoms with E-state index in [-0.39, 0.29) is 18.4 Å². The molecule has 1 atom stereocenters. The number of aromatic nitrogens is 1. The van der Waals surface area contributed by atoms with Gasteiger partial charge < -0.3 is 23.5 Å². The van der Waals surface area contributed by atoms with Crippen LogP contribution in [-0.2, 0) is 11.2 Å². The van der Waals surface area contributed by atoms with Crippen LogP contribution in [0.25, 0.3) is 0 Å². The van der Waals surface area contributed by atoms with Gasteiger partial charge in [-0.15, -0.1) is 0 Å². The summed E-state index contributed by atoms with van der Waals surface area (Å²) in [6, 6.07) is 13.6. The topological polar surface area (TPSA) is 74.0 Å². The molecule has 1 saturated heterocycles.